The zero-order valence-corrected chi connectivity index (χ0v) is 15.4. The van der Waals surface area contributed by atoms with Crippen LogP contribution in [0.1, 0.15) is 24.8 Å². The fraction of sp³-hybridized carbons (Fsp3) is 0.667. The van der Waals surface area contributed by atoms with Gasteiger partial charge in [0.05, 0.1) is 5.75 Å². The Kier molecular flexibility index (Phi) is 6.50. The number of nitrogens with one attached hydrogen (secondary N) is 1. The first kappa shape index (κ1) is 19.9. The molecule has 2 fully saturated rings. The summed E-state index contributed by atoms with van der Waals surface area (Å²) in [5.74, 6) is -0.933. The summed E-state index contributed by atoms with van der Waals surface area (Å²) < 4.78 is 37.2. The van der Waals surface area contributed by atoms with Gasteiger partial charge in [-0.1, -0.05) is 0 Å². The second-order valence-corrected chi connectivity index (χ2v) is 8.04. The average molecular weight is 401 g/mol. The lowest BCUT2D eigenvalue weighted by Gasteiger charge is -2.29. The number of piperidine rings is 1. The molecular formula is C15H20ClF3N2OS2. The number of hydrogen-bond acceptors (Lipinski definition) is 4. The molecule has 1 atom stereocenters. The number of halogens is 4. The minimum Gasteiger partial charge on any atom is -0.334 e. The number of thioether (sulfide) groups is 1. The Labute approximate surface area is 153 Å². The van der Waals surface area contributed by atoms with Gasteiger partial charge in [-0.3, -0.25) is 4.79 Å². The summed E-state index contributed by atoms with van der Waals surface area (Å²) in [6.07, 6.45) is 2.91. The van der Waals surface area contributed by atoms with Gasteiger partial charge in [-0.15, -0.1) is 12.4 Å². The van der Waals surface area contributed by atoms with Crippen molar-refractivity contribution in [2.45, 2.75) is 37.4 Å². The Morgan fingerprint density at radius 3 is 2.71 bits per heavy atom. The normalized spacial score (nSPS) is 22.0. The molecule has 1 N–H and O–H groups in total. The van der Waals surface area contributed by atoms with Gasteiger partial charge >= 0.3 is 5.51 Å². The van der Waals surface area contributed by atoms with Crippen LogP contribution in [-0.4, -0.2) is 41.2 Å². The van der Waals surface area contributed by atoms with E-state index >= 15 is 0 Å². The second-order valence-electron chi connectivity index (χ2n) is 6.22. The van der Waals surface area contributed by atoms with Crippen molar-refractivity contribution in [2.24, 2.45) is 5.41 Å². The lowest BCUT2D eigenvalue weighted by atomic mass is 9.93. The molecule has 136 valence electrons. The predicted molar refractivity (Wildman–Crippen MR) is 93.6 cm³/mol. The highest BCUT2D eigenvalue weighted by Crippen LogP contribution is 2.56. The molecule has 1 aliphatic heterocycles. The summed E-state index contributed by atoms with van der Waals surface area (Å²) >= 11 is 1.30. The number of alkyl halides is 3. The maximum absolute atomic E-state index is 12.4. The minimum absolute atomic E-state index is 0. The van der Waals surface area contributed by atoms with Gasteiger partial charge in [-0.25, -0.2) is 0 Å². The van der Waals surface area contributed by atoms with Crippen molar-refractivity contribution in [3.8, 4) is 0 Å². The van der Waals surface area contributed by atoms with Crippen molar-refractivity contribution < 1.29 is 18.0 Å². The van der Waals surface area contributed by atoms with Crippen LogP contribution in [0.4, 0.5) is 13.2 Å². The number of rotatable bonds is 5. The van der Waals surface area contributed by atoms with Gasteiger partial charge in [0.2, 0.25) is 5.91 Å². The Balaban J connectivity index is 0.00000208. The summed E-state index contributed by atoms with van der Waals surface area (Å²) in [4.78, 5) is 14.1. The Morgan fingerprint density at radius 2 is 2.12 bits per heavy atom. The molecule has 2 heterocycles. The number of carbonyl (C=O) groups is 1. The van der Waals surface area contributed by atoms with Crippen LogP contribution >= 0.6 is 35.5 Å². The first-order chi connectivity index (χ1) is 10.9. The molecule has 1 saturated heterocycles. The van der Waals surface area contributed by atoms with E-state index in [2.05, 4.69) is 5.32 Å². The van der Waals surface area contributed by atoms with Gasteiger partial charge < -0.3 is 10.2 Å². The molecule has 24 heavy (non-hydrogen) atoms. The molecule has 9 heteroatoms. The first-order valence-electron chi connectivity index (χ1n) is 7.62. The van der Waals surface area contributed by atoms with Gasteiger partial charge in [-0.2, -0.15) is 24.5 Å². The van der Waals surface area contributed by atoms with Crippen LogP contribution in [-0.2, 0) is 11.3 Å². The van der Waals surface area contributed by atoms with Crippen LogP contribution in [0.15, 0.2) is 16.8 Å². The van der Waals surface area contributed by atoms with E-state index in [9.17, 15) is 18.0 Å². The van der Waals surface area contributed by atoms with E-state index in [0.29, 0.717) is 6.54 Å². The lowest BCUT2D eigenvalue weighted by molar-refractivity contribution is -0.130. The average Bonchev–Trinajstić information content (AvgIpc) is 2.95. The minimum atomic E-state index is -4.36. The fourth-order valence-corrected chi connectivity index (χ4v) is 4.52. The van der Waals surface area contributed by atoms with Crippen molar-refractivity contribution in [1.29, 1.82) is 0 Å². The van der Waals surface area contributed by atoms with E-state index in [1.165, 1.54) is 11.3 Å². The third-order valence-electron chi connectivity index (χ3n) is 4.73. The van der Waals surface area contributed by atoms with Crippen molar-refractivity contribution in [3.63, 3.8) is 0 Å². The number of hydrogen-bond donors (Lipinski definition) is 1. The monoisotopic (exact) mass is 400 g/mol. The van der Waals surface area contributed by atoms with Gasteiger partial charge in [0, 0.05) is 12.6 Å². The molecule has 0 bridgehead atoms. The Bertz CT molecular complexity index is 547. The maximum atomic E-state index is 12.4. The highest BCUT2D eigenvalue weighted by atomic mass is 35.5. The van der Waals surface area contributed by atoms with Crippen LogP contribution in [0.3, 0.4) is 0 Å². The summed E-state index contributed by atoms with van der Waals surface area (Å²) in [5, 5.41) is 7.18. The summed E-state index contributed by atoms with van der Waals surface area (Å²) in [7, 11) is 0. The Hall–Kier alpha value is -0.440. The van der Waals surface area contributed by atoms with E-state index in [4.69, 9.17) is 0 Å². The SMILES string of the molecule is Cl.O=C(CSC(F)(F)F)N(Cc1ccsc1)C1CC12CCNCC2. The molecule has 2 aliphatic rings. The van der Waals surface area contributed by atoms with Crippen molar-refractivity contribution in [2.75, 3.05) is 18.8 Å². The van der Waals surface area contributed by atoms with E-state index in [1.807, 2.05) is 16.8 Å². The third kappa shape index (κ3) is 4.80. The highest BCUT2D eigenvalue weighted by Gasteiger charge is 2.57. The quantitative estimate of drug-likeness (QED) is 0.813. The molecule has 0 aromatic carbocycles. The van der Waals surface area contributed by atoms with Gasteiger partial charge in [0.1, 0.15) is 0 Å². The van der Waals surface area contributed by atoms with Crippen LogP contribution < -0.4 is 5.32 Å². The molecule has 3 rings (SSSR count). The smallest absolute Gasteiger partial charge is 0.334 e. The van der Waals surface area contributed by atoms with Crippen molar-refractivity contribution >= 4 is 41.4 Å². The zero-order chi connectivity index (χ0) is 16.5. The summed E-state index contributed by atoms with van der Waals surface area (Å²) in [6.45, 7) is 2.27. The number of amides is 1. The van der Waals surface area contributed by atoms with Crippen molar-refractivity contribution in [3.05, 3.63) is 22.4 Å². The molecule has 1 amide bonds. The second kappa shape index (κ2) is 7.85. The maximum Gasteiger partial charge on any atom is 0.442 e. The van der Waals surface area contributed by atoms with Gasteiger partial charge in [0.25, 0.3) is 0 Å². The number of thiophene rings is 1. The van der Waals surface area contributed by atoms with E-state index in [1.54, 1.807) is 4.90 Å². The third-order valence-corrected chi connectivity index (χ3v) is 6.19. The molecule has 1 unspecified atom stereocenters. The standard InChI is InChI=1S/C15H19F3N2OS2.ClH/c16-15(17,18)23-10-13(21)20(8-11-1-6-22-9-11)12-7-14(12)2-4-19-5-3-14;/h1,6,9,12,19H,2-5,7-8,10H2;1H. The number of carbonyl (C=O) groups excluding carboxylic acids is 1. The number of nitrogens with zero attached hydrogens (tertiary/aromatic N) is 1. The Morgan fingerprint density at radius 1 is 1.42 bits per heavy atom. The van der Waals surface area contributed by atoms with Crippen LogP contribution in [0.5, 0.6) is 0 Å². The van der Waals surface area contributed by atoms with Crippen LogP contribution in [0, 0.1) is 5.41 Å². The lowest BCUT2D eigenvalue weighted by Crippen LogP contribution is -2.40. The van der Waals surface area contributed by atoms with Crippen LogP contribution in [0.25, 0.3) is 0 Å². The molecule has 1 spiro atoms. The van der Waals surface area contributed by atoms with E-state index in [-0.39, 0.29) is 35.6 Å². The molecule has 1 aromatic rings. The molecule has 1 saturated carbocycles. The fourth-order valence-electron chi connectivity index (χ4n) is 3.41. The van der Waals surface area contributed by atoms with Crippen molar-refractivity contribution in [1.82, 2.24) is 10.2 Å². The molecule has 3 nitrogen and oxygen atoms in total. The predicted octanol–water partition coefficient (Wildman–Crippen LogP) is 3.89. The molecule has 1 aromatic heterocycles. The summed E-state index contributed by atoms with van der Waals surface area (Å²) in [5.41, 5.74) is -3.24. The van der Waals surface area contributed by atoms with Crippen LogP contribution in [0.2, 0.25) is 0 Å². The van der Waals surface area contributed by atoms with E-state index in [0.717, 1.165) is 37.9 Å². The van der Waals surface area contributed by atoms with Gasteiger partial charge in [0.15, 0.2) is 0 Å². The van der Waals surface area contributed by atoms with Gasteiger partial charge in [-0.05, 0) is 71.9 Å². The topological polar surface area (TPSA) is 32.3 Å². The zero-order valence-electron chi connectivity index (χ0n) is 13.0. The molecular weight excluding hydrogens is 381 g/mol. The largest absolute Gasteiger partial charge is 0.442 e. The first-order valence-corrected chi connectivity index (χ1v) is 9.54. The summed E-state index contributed by atoms with van der Waals surface area (Å²) in [6, 6.07) is 2.02. The highest BCUT2D eigenvalue weighted by molar-refractivity contribution is 8.00. The van der Waals surface area contributed by atoms with E-state index < -0.39 is 17.2 Å². The molecule has 0 radical (unpaired) electrons. The molecule has 1 aliphatic carbocycles.